The van der Waals surface area contributed by atoms with E-state index in [1.807, 2.05) is 12.1 Å². The first kappa shape index (κ1) is 23.4. The molecule has 0 amide bonds. The van der Waals surface area contributed by atoms with E-state index in [2.05, 4.69) is 27.5 Å². The van der Waals surface area contributed by atoms with E-state index in [9.17, 15) is 4.39 Å². The summed E-state index contributed by atoms with van der Waals surface area (Å²) in [6.07, 6.45) is 11.0. The Kier molecular flexibility index (Phi) is 7.98. The van der Waals surface area contributed by atoms with Crippen LogP contribution in [0.5, 0.6) is 0 Å². The fraction of sp³-hybridized carbons (Fsp3) is 0.600. The first-order valence-electron chi connectivity index (χ1n) is 11.8. The maximum Gasteiger partial charge on any atom is 0.149 e. The third-order valence-corrected chi connectivity index (χ3v) is 6.92. The van der Waals surface area contributed by atoms with Gasteiger partial charge in [-0.2, -0.15) is 0 Å². The average molecular weight is 461 g/mol. The maximum atomic E-state index is 14.7. The minimum Gasteiger partial charge on any atom is -0.384 e. The number of halogens is 2. The second kappa shape index (κ2) is 10.9. The maximum absolute atomic E-state index is 14.7. The first-order valence-corrected chi connectivity index (χ1v) is 12.2. The number of methoxy groups -OCH3 is 1. The molecular formula is C25H34ClFN4O. The molecule has 0 aromatic carbocycles. The highest BCUT2D eigenvalue weighted by Crippen LogP contribution is 2.34. The molecule has 2 fully saturated rings. The number of ether oxygens (including phenoxy) is 1. The zero-order valence-corrected chi connectivity index (χ0v) is 19.8. The molecule has 5 nitrogen and oxygen atoms in total. The van der Waals surface area contributed by atoms with Crippen molar-refractivity contribution in [3.05, 3.63) is 41.2 Å². The molecule has 4 rings (SSSR count). The van der Waals surface area contributed by atoms with Crippen molar-refractivity contribution in [3.63, 3.8) is 0 Å². The van der Waals surface area contributed by atoms with Gasteiger partial charge >= 0.3 is 0 Å². The lowest BCUT2D eigenvalue weighted by Crippen LogP contribution is -2.41. The van der Waals surface area contributed by atoms with Gasteiger partial charge in [-0.1, -0.05) is 11.6 Å². The number of hydrogen-bond donors (Lipinski definition) is 2. The Bertz CT molecular complexity index is 900. The minimum atomic E-state index is -0.364. The zero-order chi connectivity index (χ0) is 22.5. The highest BCUT2D eigenvalue weighted by Gasteiger charge is 2.24. The molecule has 0 saturated heterocycles. The van der Waals surface area contributed by atoms with Crippen molar-refractivity contribution in [1.82, 2.24) is 15.3 Å². The van der Waals surface area contributed by atoms with Crippen LogP contribution in [-0.4, -0.2) is 42.3 Å². The molecule has 2 heterocycles. The van der Waals surface area contributed by atoms with E-state index >= 15 is 0 Å². The van der Waals surface area contributed by atoms with Gasteiger partial charge in [0.15, 0.2) is 0 Å². The zero-order valence-electron chi connectivity index (χ0n) is 19.0. The van der Waals surface area contributed by atoms with Crippen molar-refractivity contribution >= 4 is 17.3 Å². The van der Waals surface area contributed by atoms with Crippen LogP contribution < -0.4 is 10.6 Å². The Morgan fingerprint density at radius 1 is 1.06 bits per heavy atom. The summed E-state index contributed by atoms with van der Waals surface area (Å²) in [5.41, 5.74) is 2.89. The van der Waals surface area contributed by atoms with Crippen LogP contribution in [0.1, 0.15) is 51.1 Å². The number of aromatic nitrogens is 2. The monoisotopic (exact) mass is 460 g/mol. The van der Waals surface area contributed by atoms with Crippen LogP contribution in [0.25, 0.3) is 11.1 Å². The van der Waals surface area contributed by atoms with Gasteiger partial charge in [-0.15, -0.1) is 0 Å². The lowest BCUT2D eigenvalue weighted by molar-refractivity contribution is 0.158. The van der Waals surface area contributed by atoms with E-state index in [1.165, 1.54) is 19.0 Å². The Labute approximate surface area is 195 Å². The molecule has 7 heteroatoms. The molecule has 0 bridgehead atoms. The van der Waals surface area contributed by atoms with Gasteiger partial charge in [-0.3, -0.25) is 4.98 Å². The summed E-state index contributed by atoms with van der Waals surface area (Å²) in [6.45, 7) is 3.82. The molecule has 2 aliphatic carbocycles. The standard InChI is InChI=1S/C25H34ClFN4O/c1-16(15-32-2)31-19-7-5-17(6-8-19)9-20-10-22(24(27)14-29-20)23-11-21(13-30-25(23)26)28-12-18-3-4-18/h10-11,13-14,16-19,28,31H,3-9,12,15H2,1-2H3/t16-,17?,19?/m0/s1. The Morgan fingerprint density at radius 3 is 2.53 bits per heavy atom. The summed E-state index contributed by atoms with van der Waals surface area (Å²) in [5, 5.41) is 7.37. The fourth-order valence-corrected chi connectivity index (χ4v) is 4.85. The van der Waals surface area contributed by atoms with Crippen LogP contribution in [0.15, 0.2) is 24.5 Å². The molecule has 2 aromatic heterocycles. The van der Waals surface area contributed by atoms with Crippen LogP contribution in [0.3, 0.4) is 0 Å². The van der Waals surface area contributed by atoms with Crippen molar-refractivity contribution in [1.29, 1.82) is 0 Å². The molecular weight excluding hydrogens is 427 g/mol. The smallest absolute Gasteiger partial charge is 0.149 e. The van der Waals surface area contributed by atoms with Crippen molar-refractivity contribution in [2.24, 2.45) is 11.8 Å². The number of pyridine rings is 2. The SMILES string of the molecule is COC[C@H](C)NC1CCC(Cc2cc(-c3cc(NCC4CC4)cnc3Cl)c(F)cn2)CC1. The molecule has 32 heavy (non-hydrogen) atoms. The Balaban J connectivity index is 1.39. The number of nitrogens with zero attached hydrogens (tertiary/aromatic N) is 2. The van der Waals surface area contributed by atoms with E-state index in [-0.39, 0.29) is 5.82 Å². The van der Waals surface area contributed by atoms with E-state index in [4.69, 9.17) is 16.3 Å². The van der Waals surface area contributed by atoms with Crippen molar-refractivity contribution in [2.75, 3.05) is 25.6 Å². The third kappa shape index (κ3) is 6.40. The summed E-state index contributed by atoms with van der Waals surface area (Å²) in [4.78, 5) is 8.67. The summed E-state index contributed by atoms with van der Waals surface area (Å²) in [6, 6.07) is 4.67. The second-order valence-electron chi connectivity index (χ2n) is 9.49. The summed E-state index contributed by atoms with van der Waals surface area (Å²) in [7, 11) is 1.74. The third-order valence-electron chi connectivity index (χ3n) is 6.61. The van der Waals surface area contributed by atoms with E-state index in [0.29, 0.717) is 34.3 Å². The lowest BCUT2D eigenvalue weighted by Gasteiger charge is -2.31. The predicted molar refractivity (Wildman–Crippen MR) is 128 cm³/mol. The van der Waals surface area contributed by atoms with Crippen LogP contribution in [0.4, 0.5) is 10.1 Å². The molecule has 174 valence electrons. The molecule has 0 aliphatic heterocycles. The van der Waals surface area contributed by atoms with Gasteiger partial charge in [0, 0.05) is 42.6 Å². The van der Waals surface area contributed by atoms with Crippen LogP contribution in [0.2, 0.25) is 5.15 Å². The number of hydrogen-bond acceptors (Lipinski definition) is 5. The van der Waals surface area contributed by atoms with E-state index in [1.54, 1.807) is 13.3 Å². The molecule has 0 radical (unpaired) electrons. The second-order valence-corrected chi connectivity index (χ2v) is 9.84. The predicted octanol–water partition coefficient (Wildman–Crippen LogP) is 5.48. The van der Waals surface area contributed by atoms with Gasteiger partial charge in [0.2, 0.25) is 0 Å². The van der Waals surface area contributed by atoms with Gasteiger partial charge in [-0.05, 0) is 75.8 Å². The molecule has 2 saturated carbocycles. The highest BCUT2D eigenvalue weighted by molar-refractivity contribution is 6.32. The van der Waals surface area contributed by atoms with Crippen LogP contribution in [0, 0.1) is 17.7 Å². The quantitative estimate of drug-likeness (QED) is 0.459. The van der Waals surface area contributed by atoms with Gasteiger partial charge in [0.05, 0.1) is 24.7 Å². The first-order chi connectivity index (χ1) is 15.5. The van der Waals surface area contributed by atoms with Gasteiger partial charge in [-0.25, -0.2) is 9.37 Å². The molecule has 2 aliphatic rings. The lowest BCUT2D eigenvalue weighted by atomic mass is 9.83. The van der Waals surface area contributed by atoms with Crippen molar-refractivity contribution in [2.45, 2.75) is 64.0 Å². The largest absolute Gasteiger partial charge is 0.384 e. The van der Waals surface area contributed by atoms with Crippen molar-refractivity contribution < 1.29 is 9.13 Å². The molecule has 1 atom stereocenters. The number of rotatable bonds is 10. The van der Waals surface area contributed by atoms with Gasteiger partial charge in [0.1, 0.15) is 11.0 Å². The van der Waals surface area contributed by atoms with E-state index < -0.39 is 0 Å². The molecule has 0 spiro atoms. The van der Waals surface area contributed by atoms with Gasteiger partial charge in [0.25, 0.3) is 0 Å². The Hall–Kier alpha value is -1.76. The summed E-state index contributed by atoms with van der Waals surface area (Å²) >= 11 is 6.36. The molecule has 2 N–H and O–H groups in total. The normalized spacial score (nSPS) is 22.0. The minimum absolute atomic E-state index is 0.315. The van der Waals surface area contributed by atoms with Gasteiger partial charge < -0.3 is 15.4 Å². The molecule has 2 aromatic rings. The van der Waals surface area contributed by atoms with Crippen molar-refractivity contribution in [3.8, 4) is 11.1 Å². The Morgan fingerprint density at radius 2 is 1.81 bits per heavy atom. The fourth-order valence-electron chi connectivity index (χ4n) is 4.65. The number of anilines is 1. The highest BCUT2D eigenvalue weighted by atomic mass is 35.5. The van der Waals surface area contributed by atoms with E-state index in [0.717, 1.165) is 62.6 Å². The summed E-state index contributed by atoms with van der Waals surface area (Å²) < 4.78 is 19.9. The number of nitrogens with one attached hydrogen (secondary N) is 2. The topological polar surface area (TPSA) is 59.1 Å². The van der Waals surface area contributed by atoms with Crippen LogP contribution >= 0.6 is 11.6 Å². The summed E-state index contributed by atoms with van der Waals surface area (Å²) in [5.74, 6) is 0.945. The molecule has 0 unspecified atom stereocenters. The average Bonchev–Trinajstić information content (AvgIpc) is 3.61. The van der Waals surface area contributed by atoms with Crippen LogP contribution in [-0.2, 0) is 11.2 Å².